The van der Waals surface area contributed by atoms with Crippen molar-refractivity contribution >= 4 is 63.4 Å². The summed E-state index contributed by atoms with van der Waals surface area (Å²) in [5.41, 5.74) is 2.32. The van der Waals surface area contributed by atoms with Crippen LogP contribution in [0, 0.1) is 0 Å². The number of benzene rings is 2. The van der Waals surface area contributed by atoms with Crippen LogP contribution in [0.4, 0.5) is 11.5 Å². The van der Waals surface area contributed by atoms with Crippen molar-refractivity contribution in [1.29, 1.82) is 0 Å². The summed E-state index contributed by atoms with van der Waals surface area (Å²) in [5.74, 6) is 1.57. The second-order valence-electron chi connectivity index (χ2n) is 7.19. The summed E-state index contributed by atoms with van der Waals surface area (Å²) >= 11 is 13.6. The van der Waals surface area contributed by atoms with Gasteiger partial charge in [-0.2, -0.15) is 5.10 Å². The number of aromatic nitrogens is 2. The molecule has 1 N–H and O–H groups in total. The van der Waals surface area contributed by atoms with Crippen LogP contribution in [0.1, 0.15) is 12.0 Å². The molecule has 7 nitrogen and oxygen atoms in total. The highest BCUT2D eigenvalue weighted by molar-refractivity contribution is 8.14. The lowest BCUT2D eigenvalue weighted by Crippen LogP contribution is -2.42. The van der Waals surface area contributed by atoms with Gasteiger partial charge in [0.2, 0.25) is 5.91 Å². The van der Waals surface area contributed by atoms with Crippen LogP contribution < -0.4 is 5.32 Å². The van der Waals surface area contributed by atoms with Crippen LogP contribution >= 0.6 is 35.0 Å². The number of carbonyl (C=O) groups is 1. The molecule has 0 unspecified atom stereocenters. The van der Waals surface area contributed by atoms with Crippen LogP contribution in [0.5, 0.6) is 0 Å². The van der Waals surface area contributed by atoms with E-state index in [1.807, 2.05) is 36.4 Å². The number of carbonyl (C=O) groups excluding carboxylic acids is 1. The lowest BCUT2D eigenvalue weighted by atomic mass is 10.2. The molecule has 0 saturated carbocycles. The largest absolute Gasteiger partial charge is 0.324 e. The number of rotatable bonds is 4. The van der Waals surface area contributed by atoms with E-state index in [1.54, 1.807) is 23.0 Å². The average molecular weight is 485 g/mol. The normalized spacial score (nSPS) is 14.9. The molecule has 10 heteroatoms. The zero-order chi connectivity index (χ0) is 22.1. The predicted molar refractivity (Wildman–Crippen MR) is 131 cm³/mol. The third-order valence-corrected chi connectivity index (χ3v) is 6.58. The van der Waals surface area contributed by atoms with Gasteiger partial charge in [-0.05, 0) is 42.8 Å². The molecule has 0 fully saturated rings. The third-order valence-electron chi connectivity index (χ3n) is 5.03. The fourth-order valence-corrected chi connectivity index (χ4v) is 4.67. The van der Waals surface area contributed by atoms with Gasteiger partial charge in [-0.25, -0.2) is 9.67 Å². The fourth-order valence-electron chi connectivity index (χ4n) is 3.54. The average Bonchev–Trinajstić information content (AvgIpc) is 3.24. The van der Waals surface area contributed by atoms with Crippen LogP contribution in [0.2, 0.25) is 10.0 Å². The summed E-state index contributed by atoms with van der Waals surface area (Å²) in [6.07, 6.45) is 2.71. The van der Waals surface area contributed by atoms with Gasteiger partial charge in [0.1, 0.15) is 5.84 Å². The van der Waals surface area contributed by atoms with E-state index in [0.29, 0.717) is 21.6 Å². The molecule has 0 radical (unpaired) electrons. The molecular formula is C22H18Cl2N6OS. The van der Waals surface area contributed by atoms with Gasteiger partial charge in [0, 0.05) is 18.1 Å². The zero-order valence-corrected chi connectivity index (χ0v) is 19.2. The van der Waals surface area contributed by atoms with Gasteiger partial charge in [0.15, 0.2) is 11.0 Å². The Morgan fingerprint density at radius 2 is 1.94 bits per heavy atom. The molecular weight excluding hydrogens is 467 g/mol. The molecule has 2 aliphatic rings. The SMILES string of the molecule is O=C(CSC1=Nc2c(cnn2-c2ccc(Cl)cc2)C2=NCCCN12)Nc1ccccc1Cl. The molecule has 3 aromatic rings. The minimum atomic E-state index is -0.154. The molecule has 5 rings (SSSR count). The number of hydrogen-bond acceptors (Lipinski definition) is 6. The van der Waals surface area contributed by atoms with Crippen LogP contribution in [0.3, 0.4) is 0 Å². The third kappa shape index (κ3) is 4.13. The number of amides is 1. The highest BCUT2D eigenvalue weighted by Crippen LogP contribution is 2.33. The van der Waals surface area contributed by atoms with Crippen molar-refractivity contribution in [3.05, 3.63) is 70.3 Å². The van der Waals surface area contributed by atoms with E-state index >= 15 is 0 Å². The first-order chi connectivity index (χ1) is 15.6. The monoisotopic (exact) mass is 484 g/mol. The zero-order valence-electron chi connectivity index (χ0n) is 16.8. The van der Waals surface area contributed by atoms with Gasteiger partial charge >= 0.3 is 0 Å². The lowest BCUT2D eigenvalue weighted by molar-refractivity contribution is -0.113. The van der Waals surface area contributed by atoms with E-state index in [2.05, 4.69) is 15.3 Å². The van der Waals surface area contributed by atoms with Crippen molar-refractivity contribution in [3.8, 4) is 5.69 Å². The summed E-state index contributed by atoms with van der Waals surface area (Å²) in [6, 6.07) is 14.6. The van der Waals surface area contributed by atoms with Crippen LogP contribution in [-0.2, 0) is 4.79 Å². The molecule has 32 heavy (non-hydrogen) atoms. The molecule has 0 bridgehead atoms. The second-order valence-corrected chi connectivity index (χ2v) is 8.98. The number of aliphatic imine (C=N–C) groups is 2. The van der Waals surface area contributed by atoms with E-state index in [4.69, 9.17) is 33.2 Å². The van der Waals surface area contributed by atoms with Crippen molar-refractivity contribution in [2.24, 2.45) is 9.98 Å². The van der Waals surface area contributed by atoms with Crippen LogP contribution in [-0.4, -0.2) is 50.4 Å². The number of hydrogen-bond donors (Lipinski definition) is 1. The summed E-state index contributed by atoms with van der Waals surface area (Å²) in [5, 5.41) is 9.27. The maximum absolute atomic E-state index is 12.6. The topological polar surface area (TPSA) is 74.9 Å². The Bertz CT molecular complexity index is 1240. The van der Waals surface area contributed by atoms with Crippen molar-refractivity contribution in [2.45, 2.75) is 6.42 Å². The minimum absolute atomic E-state index is 0.154. The van der Waals surface area contributed by atoms with Gasteiger partial charge in [0.05, 0.1) is 33.9 Å². The molecule has 0 spiro atoms. The van der Waals surface area contributed by atoms with Gasteiger partial charge < -0.3 is 10.2 Å². The maximum atomic E-state index is 12.6. The lowest BCUT2D eigenvalue weighted by Gasteiger charge is -2.32. The van der Waals surface area contributed by atoms with E-state index in [9.17, 15) is 4.79 Å². The fraction of sp³-hybridized carbons (Fsp3) is 0.182. The Morgan fingerprint density at radius 1 is 1.12 bits per heavy atom. The van der Waals surface area contributed by atoms with Gasteiger partial charge in [-0.3, -0.25) is 9.79 Å². The first-order valence-electron chi connectivity index (χ1n) is 10.0. The molecule has 1 aromatic heterocycles. The molecule has 0 atom stereocenters. The molecule has 2 aromatic carbocycles. The predicted octanol–water partition coefficient (Wildman–Crippen LogP) is 5.00. The first-order valence-corrected chi connectivity index (χ1v) is 11.8. The molecule has 2 aliphatic heterocycles. The Morgan fingerprint density at radius 3 is 2.75 bits per heavy atom. The van der Waals surface area contributed by atoms with Crippen LogP contribution in [0.15, 0.2) is 64.7 Å². The van der Waals surface area contributed by atoms with Crippen molar-refractivity contribution < 1.29 is 4.79 Å². The van der Waals surface area contributed by atoms with Crippen LogP contribution in [0.25, 0.3) is 5.69 Å². The Labute approximate surface area is 199 Å². The molecule has 3 heterocycles. The number of para-hydroxylation sites is 1. The highest BCUT2D eigenvalue weighted by Gasteiger charge is 2.31. The maximum Gasteiger partial charge on any atom is 0.234 e. The van der Waals surface area contributed by atoms with E-state index < -0.39 is 0 Å². The van der Waals surface area contributed by atoms with Crippen molar-refractivity contribution in [2.75, 3.05) is 24.2 Å². The number of anilines is 1. The van der Waals surface area contributed by atoms with Crippen molar-refractivity contribution in [3.63, 3.8) is 0 Å². The molecule has 0 aliphatic carbocycles. The van der Waals surface area contributed by atoms with Gasteiger partial charge in [-0.1, -0.05) is 47.1 Å². The summed E-state index contributed by atoms with van der Waals surface area (Å²) in [7, 11) is 0. The molecule has 0 saturated heterocycles. The van der Waals surface area contributed by atoms with Gasteiger partial charge in [0.25, 0.3) is 0 Å². The van der Waals surface area contributed by atoms with Gasteiger partial charge in [-0.15, -0.1) is 0 Å². The quantitative estimate of drug-likeness (QED) is 0.564. The smallest absolute Gasteiger partial charge is 0.234 e. The number of fused-ring (bicyclic) bond motifs is 3. The molecule has 1 amide bonds. The van der Waals surface area contributed by atoms with E-state index in [1.165, 1.54) is 11.8 Å². The number of thioether (sulfide) groups is 1. The second kappa shape index (κ2) is 8.97. The minimum Gasteiger partial charge on any atom is -0.324 e. The Kier molecular flexibility index (Phi) is 5.91. The summed E-state index contributed by atoms with van der Waals surface area (Å²) < 4.78 is 1.77. The van der Waals surface area contributed by atoms with E-state index in [0.717, 1.165) is 41.8 Å². The first kappa shape index (κ1) is 21.1. The standard InChI is InChI=1S/C22H18Cl2N6OS/c23-14-6-8-15(9-7-14)30-21-16(12-26-30)20-25-10-3-11-29(20)22(28-21)32-13-19(31)27-18-5-2-1-4-17(18)24/h1-2,4-9,12H,3,10-11,13H2,(H,27,31). The highest BCUT2D eigenvalue weighted by atomic mass is 35.5. The number of amidine groups is 2. The van der Waals surface area contributed by atoms with E-state index in [-0.39, 0.29) is 11.7 Å². The summed E-state index contributed by atoms with van der Waals surface area (Å²) in [6.45, 7) is 1.55. The number of halogens is 2. The van der Waals surface area contributed by atoms with Crippen molar-refractivity contribution in [1.82, 2.24) is 14.7 Å². The number of nitrogens with zero attached hydrogens (tertiary/aromatic N) is 5. The number of nitrogens with one attached hydrogen (secondary N) is 1. The Hall–Kier alpha value is -2.81. The Balaban J connectivity index is 1.42. The summed E-state index contributed by atoms with van der Waals surface area (Å²) in [4.78, 5) is 24.2. The molecule has 162 valence electrons.